The molecule has 2 rings (SSSR count). The molecule has 0 aliphatic heterocycles. The third-order valence-corrected chi connectivity index (χ3v) is 3.79. The van der Waals surface area contributed by atoms with Gasteiger partial charge in [-0.3, -0.25) is 0 Å². The summed E-state index contributed by atoms with van der Waals surface area (Å²) in [5.41, 5.74) is 1.05. The fraction of sp³-hybridized carbons (Fsp3) is 0.312. The Balaban J connectivity index is 2.48. The smallest absolute Gasteiger partial charge is 0.338 e. The van der Waals surface area contributed by atoms with Crippen molar-refractivity contribution in [2.75, 3.05) is 6.61 Å². The molecule has 0 unspecified atom stereocenters. The van der Waals surface area contributed by atoms with Gasteiger partial charge in [0.1, 0.15) is 5.76 Å². The van der Waals surface area contributed by atoms with Gasteiger partial charge in [0.25, 0.3) is 0 Å². The largest absolute Gasteiger partial charge is 0.507 e. The number of aliphatic hydroxyl groups excluding tert-OH is 2. The Morgan fingerprint density at radius 2 is 2.05 bits per heavy atom. The third-order valence-electron chi connectivity index (χ3n) is 3.54. The van der Waals surface area contributed by atoms with Crippen LogP contribution in [0.3, 0.4) is 0 Å². The molecule has 0 saturated carbocycles. The molecule has 2 N–H and O–H groups in total. The van der Waals surface area contributed by atoms with Gasteiger partial charge < -0.3 is 14.9 Å². The van der Waals surface area contributed by atoms with Gasteiger partial charge in [-0.1, -0.05) is 30.3 Å². The molecule has 1 aliphatic rings. The quantitative estimate of drug-likeness (QED) is 0.842. The summed E-state index contributed by atoms with van der Waals surface area (Å²) in [6, 6.07) is 6.93. The third kappa shape index (κ3) is 3.12. The van der Waals surface area contributed by atoms with Crippen molar-refractivity contribution >= 4 is 17.6 Å². The number of ether oxygens (including phenoxy) is 1. The summed E-state index contributed by atoms with van der Waals surface area (Å²) in [7, 11) is 0. The first-order chi connectivity index (χ1) is 9.95. The van der Waals surface area contributed by atoms with Crippen molar-refractivity contribution < 1.29 is 19.7 Å². The average molecular weight is 309 g/mol. The van der Waals surface area contributed by atoms with E-state index >= 15 is 0 Å². The Bertz CT molecular complexity index is 589. The number of carbonyl (C=O) groups is 1. The van der Waals surface area contributed by atoms with E-state index in [0.717, 1.165) is 5.56 Å². The van der Waals surface area contributed by atoms with Crippen LogP contribution in [-0.4, -0.2) is 28.9 Å². The molecule has 0 saturated heterocycles. The van der Waals surface area contributed by atoms with Gasteiger partial charge >= 0.3 is 5.97 Å². The molecular weight excluding hydrogens is 292 g/mol. The summed E-state index contributed by atoms with van der Waals surface area (Å²) in [5, 5.41) is 20.8. The lowest BCUT2D eigenvalue weighted by Gasteiger charge is -2.29. The van der Waals surface area contributed by atoms with E-state index in [-0.39, 0.29) is 29.9 Å². The molecule has 0 fully saturated rings. The van der Waals surface area contributed by atoms with E-state index in [2.05, 4.69) is 6.58 Å². The minimum Gasteiger partial charge on any atom is -0.507 e. The Hall–Kier alpha value is -1.78. The Labute approximate surface area is 128 Å². The summed E-state index contributed by atoms with van der Waals surface area (Å²) in [6.07, 6.45) is -0.637. The molecule has 1 aromatic rings. The first-order valence-electron chi connectivity index (χ1n) is 6.68. The zero-order valence-corrected chi connectivity index (χ0v) is 12.4. The van der Waals surface area contributed by atoms with Gasteiger partial charge in [0, 0.05) is 16.5 Å². The molecule has 5 heteroatoms. The monoisotopic (exact) mass is 308 g/mol. The van der Waals surface area contributed by atoms with Gasteiger partial charge in [0.05, 0.1) is 18.3 Å². The van der Waals surface area contributed by atoms with Crippen molar-refractivity contribution in [3.63, 3.8) is 0 Å². The van der Waals surface area contributed by atoms with Crippen LogP contribution in [0.1, 0.15) is 24.8 Å². The lowest BCUT2D eigenvalue weighted by molar-refractivity contribution is -0.139. The van der Waals surface area contributed by atoms with Crippen LogP contribution >= 0.6 is 11.6 Å². The van der Waals surface area contributed by atoms with E-state index in [9.17, 15) is 15.0 Å². The summed E-state index contributed by atoms with van der Waals surface area (Å²) < 4.78 is 5.01. The highest BCUT2D eigenvalue weighted by atomic mass is 35.5. The number of carbonyl (C=O) groups excluding carboxylic acids is 1. The van der Waals surface area contributed by atoms with Crippen molar-refractivity contribution in [1.29, 1.82) is 0 Å². The number of halogens is 1. The predicted octanol–water partition coefficient (Wildman–Crippen LogP) is 3.12. The van der Waals surface area contributed by atoms with Gasteiger partial charge in [-0.25, -0.2) is 4.79 Å². The maximum absolute atomic E-state index is 12.1. The first-order valence-corrected chi connectivity index (χ1v) is 7.06. The highest BCUT2D eigenvalue weighted by Crippen LogP contribution is 2.39. The summed E-state index contributed by atoms with van der Waals surface area (Å²) >= 11 is 5.86. The molecule has 0 bridgehead atoms. The molecule has 21 heavy (non-hydrogen) atoms. The second kappa shape index (κ2) is 6.33. The topological polar surface area (TPSA) is 66.8 Å². The van der Waals surface area contributed by atoms with E-state index in [0.29, 0.717) is 5.02 Å². The van der Waals surface area contributed by atoms with Crippen LogP contribution < -0.4 is 0 Å². The first kappa shape index (κ1) is 15.6. The zero-order chi connectivity index (χ0) is 15.6. The van der Waals surface area contributed by atoms with Crippen LogP contribution in [0.5, 0.6) is 0 Å². The fourth-order valence-corrected chi connectivity index (χ4v) is 2.55. The van der Waals surface area contributed by atoms with Gasteiger partial charge in [-0.2, -0.15) is 0 Å². The van der Waals surface area contributed by atoms with Crippen LogP contribution in [-0.2, 0) is 9.53 Å². The van der Waals surface area contributed by atoms with Crippen LogP contribution in [0.2, 0.25) is 5.02 Å². The maximum Gasteiger partial charge on any atom is 0.338 e. The second-order valence-electron chi connectivity index (χ2n) is 4.86. The zero-order valence-electron chi connectivity index (χ0n) is 11.7. The number of benzene rings is 1. The number of rotatable bonds is 3. The van der Waals surface area contributed by atoms with Gasteiger partial charge in [0.2, 0.25) is 0 Å². The normalized spacial score (nSPS) is 22.3. The van der Waals surface area contributed by atoms with Crippen molar-refractivity contribution in [2.24, 2.45) is 0 Å². The predicted molar refractivity (Wildman–Crippen MR) is 80.2 cm³/mol. The van der Waals surface area contributed by atoms with Gasteiger partial charge in [-0.05, 0) is 31.0 Å². The van der Waals surface area contributed by atoms with Gasteiger partial charge in [0.15, 0.2) is 0 Å². The Morgan fingerprint density at radius 3 is 2.62 bits per heavy atom. The lowest BCUT2D eigenvalue weighted by atomic mass is 9.78. The van der Waals surface area contributed by atoms with Crippen LogP contribution in [0, 0.1) is 0 Å². The molecule has 1 aromatic carbocycles. The van der Waals surface area contributed by atoms with Crippen molar-refractivity contribution in [3.05, 3.63) is 58.3 Å². The average Bonchev–Trinajstić information content (AvgIpc) is 2.45. The van der Waals surface area contributed by atoms with Crippen molar-refractivity contribution in [2.45, 2.75) is 25.4 Å². The number of aliphatic hydroxyl groups is 2. The van der Waals surface area contributed by atoms with E-state index in [4.69, 9.17) is 16.3 Å². The van der Waals surface area contributed by atoms with E-state index in [1.165, 1.54) is 0 Å². The molecule has 1 aliphatic carbocycles. The summed E-state index contributed by atoms with van der Waals surface area (Å²) in [4.78, 5) is 12.1. The molecule has 0 heterocycles. The van der Waals surface area contributed by atoms with E-state index < -0.39 is 18.0 Å². The Morgan fingerprint density at radius 1 is 1.43 bits per heavy atom. The van der Waals surface area contributed by atoms with Crippen LogP contribution in [0.4, 0.5) is 0 Å². The van der Waals surface area contributed by atoms with Crippen LogP contribution in [0.15, 0.2) is 47.7 Å². The highest BCUT2D eigenvalue weighted by Gasteiger charge is 2.36. The highest BCUT2D eigenvalue weighted by molar-refractivity contribution is 6.30. The molecule has 0 radical (unpaired) electrons. The van der Waals surface area contributed by atoms with E-state index in [1.54, 1.807) is 31.2 Å². The Kier molecular flexibility index (Phi) is 4.70. The second-order valence-corrected chi connectivity index (χ2v) is 5.30. The summed E-state index contributed by atoms with van der Waals surface area (Å²) in [5.74, 6) is -1.34. The standard InChI is InChI=1S/C16H17ClO4/c1-3-21-16(20)14-12(8-13(18)9(2)15(14)19)10-4-6-11(17)7-5-10/h4-7,12-13,18-19H,2-3,8H2,1H3/t12-,13+/m0/s1. The van der Waals surface area contributed by atoms with Gasteiger partial charge in [-0.15, -0.1) is 0 Å². The molecule has 0 amide bonds. The fourth-order valence-electron chi connectivity index (χ4n) is 2.42. The SMILES string of the molecule is C=C1C(O)=C(C(=O)OCC)[C@H](c2ccc(Cl)cc2)C[C@H]1O. The molecule has 112 valence electrons. The lowest BCUT2D eigenvalue weighted by Crippen LogP contribution is -2.28. The van der Waals surface area contributed by atoms with E-state index in [1.807, 2.05) is 0 Å². The molecule has 0 spiro atoms. The van der Waals surface area contributed by atoms with Crippen LogP contribution in [0.25, 0.3) is 0 Å². The summed E-state index contributed by atoms with van der Waals surface area (Å²) in [6.45, 7) is 5.52. The minimum atomic E-state index is -0.899. The molecular formula is C16H17ClO4. The molecule has 2 atom stereocenters. The van der Waals surface area contributed by atoms with Crippen molar-refractivity contribution in [3.8, 4) is 0 Å². The number of esters is 1. The minimum absolute atomic E-state index is 0.134. The maximum atomic E-state index is 12.1. The number of hydrogen-bond donors (Lipinski definition) is 2. The molecule has 0 aromatic heterocycles. The number of hydrogen-bond acceptors (Lipinski definition) is 4. The molecule has 4 nitrogen and oxygen atoms in total. The van der Waals surface area contributed by atoms with Crippen molar-refractivity contribution in [1.82, 2.24) is 0 Å².